The normalized spacial score (nSPS) is 28.4. The molecule has 2 atom stereocenters. The molecule has 0 aliphatic heterocycles. The molecule has 0 saturated heterocycles. The van der Waals surface area contributed by atoms with Gasteiger partial charge < -0.3 is 5.32 Å². The lowest BCUT2D eigenvalue weighted by Crippen LogP contribution is -2.36. The molecule has 96 valence electrons. The van der Waals surface area contributed by atoms with Gasteiger partial charge in [0.25, 0.3) is 0 Å². The van der Waals surface area contributed by atoms with E-state index < -0.39 is 0 Å². The van der Waals surface area contributed by atoms with Crippen LogP contribution in [0.1, 0.15) is 33.1 Å². The number of rotatable bonds is 2. The lowest BCUT2D eigenvalue weighted by Gasteiger charge is -2.35. The first-order chi connectivity index (χ1) is 8.74. The van der Waals surface area contributed by atoms with Gasteiger partial charge in [0.2, 0.25) is 0 Å². The van der Waals surface area contributed by atoms with Gasteiger partial charge in [0.1, 0.15) is 0 Å². The fraction of sp³-hybridized carbons (Fsp3) is 0.533. The van der Waals surface area contributed by atoms with Gasteiger partial charge >= 0.3 is 0 Å². The molecule has 3 heteroatoms. The molecule has 0 bridgehead atoms. The van der Waals surface area contributed by atoms with E-state index in [9.17, 15) is 0 Å². The molecule has 2 unspecified atom stereocenters. The Morgan fingerprint density at radius 1 is 1.22 bits per heavy atom. The Labute approximate surface area is 108 Å². The van der Waals surface area contributed by atoms with Gasteiger partial charge in [-0.15, -0.1) is 0 Å². The first-order valence-corrected chi connectivity index (χ1v) is 6.94. The van der Waals surface area contributed by atoms with E-state index in [2.05, 4.69) is 47.6 Å². The first kappa shape index (κ1) is 11.6. The quantitative estimate of drug-likeness (QED) is 0.842. The van der Waals surface area contributed by atoms with Crippen LogP contribution in [-0.4, -0.2) is 16.2 Å². The fourth-order valence-electron chi connectivity index (χ4n) is 3.19. The van der Waals surface area contributed by atoms with E-state index in [1.54, 1.807) is 0 Å². The van der Waals surface area contributed by atoms with Crippen LogP contribution in [0.3, 0.4) is 0 Å². The van der Waals surface area contributed by atoms with Gasteiger partial charge in [0, 0.05) is 17.1 Å². The standard InChI is InChI=1S/C15H21N3/c1-10-4-3-5-11(2)15(10)17-13-6-7-14-12(8-13)9-16-18-14/h6-11,15,17H,3-5H2,1-2H3,(H,16,18). The summed E-state index contributed by atoms with van der Waals surface area (Å²) in [7, 11) is 0. The molecule has 1 heterocycles. The van der Waals surface area contributed by atoms with Crippen molar-refractivity contribution in [3.05, 3.63) is 24.4 Å². The number of aromatic nitrogens is 2. The third kappa shape index (κ3) is 2.09. The molecule has 1 aliphatic rings. The van der Waals surface area contributed by atoms with Crippen molar-refractivity contribution in [2.75, 3.05) is 5.32 Å². The third-order valence-electron chi connectivity index (χ3n) is 4.32. The number of hydrogen-bond donors (Lipinski definition) is 2. The van der Waals surface area contributed by atoms with Crippen molar-refractivity contribution < 1.29 is 0 Å². The number of hydrogen-bond acceptors (Lipinski definition) is 2. The number of benzene rings is 1. The Hall–Kier alpha value is -1.51. The molecule has 0 amide bonds. The first-order valence-electron chi connectivity index (χ1n) is 6.94. The molecule has 1 aliphatic carbocycles. The van der Waals surface area contributed by atoms with Crippen molar-refractivity contribution in [2.45, 2.75) is 39.2 Å². The zero-order valence-corrected chi connectivity index (χ0v) is 11.1. The topological polar surface area (TPSA) is 40.7 Å². The third-order valence-corrected chi connectivity index (χ3v) is 4.32. The lowest BCUT2D eigenvalue weighted by molar-refractivity contribution is 0.268. The van der Waals surface area contributed by atoms with Crippen molar-refractivity contribution in [3.8, 4) is 0 Å². The number of fused-ring (bicyclic) bond motifs is 1. The van der Waals surface area contributed by atoms with Crippen LogP contribution in [0.5, 0.6) is 0 Å². The Kier molecular flexibility index (Phi) is 2.98. The van der Waals surface area contributed by atoms with Crippen LogP contribution < -0.4 is 5.32 Å². The van der Waals surface area contributed by atoms with Gasteiger partial charge in [0.05, 0.1) is 11.7 Å². The highest BCUT2D eigenvalue weighted by atomic mass is 15.1. The minimum atomic E-state index is 0.600. The van der Waals surface area contributed by atoms with Gasteiger partial charge in [0.15, 0.2) is 0 Å². The van der Waals surface area contributed by atoms with Gasteiger partial charge in [-0.1, -0.05) is 20.3 Å². The molecule has 3 rings (SSSR count). The summed E-state index contributed by atoms with van der Waals surface area (Å²) in [4.78, 5) is 0. The van der Waals surface area contributed by atoms with E-state index in [1.165, 1.54) is 30.3 Å². The Balaban J connectivity index is 1.81. The largest absolute Gasteiger partial charge is 0.382 e. The second-order valence-corrected chi connectivity index (χ2v) is 5.73. The molecule has 0 spiro atoms. The van der Waals surface area contributed by atoms with Crippen LogP contribution in [0.2, 0.25) is 0 Å². The summed E-state index contributed by atoms with van der Waals surface area (Å²) < 4.78 is 0. The van der Waals surface area contributed by atoms with Gasteiger partial charge in [-0.25, -0.2) is 0 Å². The van der Waals surface area contributed by atoms with E-state index in [1.807, 2.05) is 6.20 Å². The molecule has 1 aromatic carbocycles. The monoisotopic (exact) mass is 243 g/mol. The molecular formula is C15H21N3. The van der Waals surface area contributed by atoms with Crippen molar-refractivity contribution >= 4 is 16.6 Å². The maximum Gasteiger partial charge on any atom is 0.0651 e. The van der Waals surface area contributed by atoms with Crippen LogP contribution in [-0.2, 0) is 0 Å². The molecule has 2 aromatic rings. The molecule has 3 nitrogen and oxygen atoms in total. The molecule has 1 saturated carbocycles. The van der Waals surface area contributed by atoms with Crippen LogP contribution >= 0.6 is 0 Å². The summed E-state index contributed by atoms with van der Waals surface area (Å²) >= 11 is 0. The summed E-state index contributed by atoms with van der Waals surface area (Å²) in [6.45, 7) is 4.73. The van der Waals surface area contributed by atoms with E-state index in [-0.39, 0.29) is 0 Å². The second-order valence-electron chi connectivity index (χ2n) is 5.73. The zero-order chi connectivity index (χ0) is 12.5. The van der Waals surface area contributed by atoms with E-state index in [4.69, 9.17) is 0 Å². The molecule has 2 N–H and O–H groups in total. The van der Waals surface area contributed by atoms with E-state index in [0.717, 1.165) is 17.4 Å². The van der Waals surface area contributed by atoms with E-state index >= 15 is 0 Å². The summed E-state index contributed by atoms with van der Waals surface area (Å²) in [5.74, 6) is 1.52. The summed E-state index contributed by atoms with van der Waals surface area (Å²) in [5.41, 5.74) is 2.32. The smallest absolute Gasteiger partial charge is 0.0651 e. The number of aromatic amines is 1. The van der Waals surface area contributed by atoms with E-state index in [0.29, 0.717) is 6.04 Å². The van der Waals surface area contributed by atoms with Crippen LogP contribution in [0.15, 0.2) is 24.4 Å². The summed E-state index contributed by atoms with van der Waals surface area (Å²) in [5, 5.41) is 12.0. The van der Waals surface area contributed by atoms with Crippen molar-refractivity contribution in [1.29, 1.82) is 0 Å². The molecule has 18 heavy (non-hydrogen) atoms. The van der Waals surface area contributed by atoms with Crippen molar-refractivity contribution in [3.63, 3.8) is 0 Å². The average molecular weight is 243 g/mol. The molecular weight excluding hydrogens is 222 g/mol. The summed E-state index contributed by atoms with van der Waals surface area (Å²) in [6.07, 6.45) is 5.95. The minimum absolute atomic E-state index is 0.600. The number of H-pyrrole nitrogens is 1. The Morgan fingerprint density at radius 2 is 2.00 bits per heavy atom. The predicted molar refractivity (Wildman–Crippen MR) is 75.7 cm³/mol. The minimum Gasteiger partial charge on any atom is -0.382 e. The predicted octanol–water partition coefficient (Wildman–Crippen LogP) is 3.80. The zero-order valence-electron chi connectivity index (χ0n) is 11.1. The Morgan fingerprint density at radius 3 is 2.78 bits per heavy atom. The van der Waals surface area contributed by atoms with Crippen molar-refractivity contribution in [1.82, 2.24) is 10.2 Å². The number of nitrogens with one attached hydrogen (secondary N) is 2. The van der Waals surface area contributed by atoms with Crippen LogP contribution in [0.4, 0.5) is 5.69 Å². The van der Waals surface area contributed by atoms with Gasteiger partial charge in [-0.05, 0) is 42.9 Å². The molecule has 1 fully saturated rings. The SMILES string of the molecule is CC1CCCC(C)C1Nc1ccc2[nH]ncc2c1. The highest BCUT2D eigenvalue weighted by Gasteiger charge is 2.27. The highest BCUT2D eigenvalue weighted by Crippen LogP contribution is 2.31. The number of anilines is 1. The maximum atomic E-state index is 4.07. The fourth-order valence-corrected chi connectivity index (χ4v) is 3.19. The van der Waals surface area contributed by atoms with Gasteiger partial charge in [-0.3, -0.25) is 5.10 Å². The van der Waals surface area contributed by atoms with Crippen molar-refractivity contribution in [2.24, 2.45) is 11.8 Å². The van der Waals surface area contributed by atoms with Crippen LogP contribution in [0.25, 0.3) is 10.9 Å². The van der Waals surface area contributed by atoms with Gasteiger partial charge in [-0.2, -0.15) is 5.10 Å². The molecule has 1 aromatic heterocycles. The Bertz CT molecular complexity index is 521. The maximum absolute atomic E-state index is 4.07. The second kappa shape index (κ2) is 4.63. The van der Waals surface area contributed by atoms with Crippen LogP contribution in [0, 0.1) is 11.8 Å². The average Bonchev–Trinajstić information content (AvgIpc) is 2.81. The molecule has 0 radical (unpaired) electrons. The highest BCUT2D eigenvalue weighted by molar-refractivity contribution is 5.81. The lowest BCUT2D eigenvalue weighted by atomic mass is 9.78. The number of nitrogens with zero attached hydrogens (tertiary/aromatic N) is 1. The summed E-state index contributed by atoms with van der Waals surface area (Å²) in [6, 6.07) is 7.03.